The Hall–Kier alpha value is -1.08. The summed E-state index contributed by atoms with van der Waals surface area (Å²) in [5.41, 5.74) is -0.162. The van der Waals surface area contributed by atoms with Crippen LogP contribution >= 0.6 is 23.4 Å². The van der Waals surface area contributed by atoms with Crippen LogP contribution in [0, 0.1) is 10.1 Å². The third-order valence-corrected chi connectivity index (χ3v) is 2.90. The molecule has 1 aromatic rings. The van der Waals surface area contributed by atoms with Gasteiger partial charge in [0.2, 0.25) is 11.1 Å². The molecule has 0 aliphatic rings. The van der Waals surface area contributed by atoms with Gasteiger partial charge < -0.3 is 5.32 Å². The lowest BCUT2D eigenvalue weighted by atomic mass is 10.2. The van der Waals surface area contributed by atoms with Crippen molar-refractivity contribution in [2.24, 2.45) is 0 Å². The minimum Gasteiger partial charge on any atom is -0.362 e. The topological polar surface area (TPSA) is 81.0 Å². The Labute approximate surface area is 108 Å². The van der Waals surface area contributed by atoms with Crippen molar-refractivity contribution in [1.29, 1.82) is 0 Å². The van der Waals surface area contributed by atoms with Crippen molar-refractivity contribution in [2.75, 3.05) is 17.3 Å². The zero-order valence-electron chi connectivity index (χ0n) is 9.51. The highest BCUT2D eigenvalue weighted by molar-refractivity contribution is 7.98. The molecule has 6 nitrogen and oxygen atoms in total. The molecule has 1 heterocycles. The largest absolute Gasteiger partial charge is 0.362 e. The highest BCUT2D eigenvalue weighted by Gasteiger charge is 2.18. The van der Waals surface area contributed by atoms with Crippen molar-refractivity contribution < 1.29 is 4.92 Å². The van der Waals surface area contributed by atoms with Crippen molar-refractivity contribution >= 4 is 34.9 Å². The molecular weight excluding hydrogens is 264 g/mol. The van der Waals surface area contributed by atoms with Crippen LogP contribution < -0.4 is 5.32 Å². The van der Waals surface area contributed by atoms with Crippen LogP contribution in [0.15, 0.2) is 6.20 Å². The normalized spacial score (nSPS) is 12.2. The first-order valence-corrected chi connectivity index (χ1v) is 6.74. The van der Waals surface area contributed by atoms with E-state index >= 15 is 0 Å². The molecule has 0 bridgehead atoms. The SMILES string of the molecule is CSCCC(C)Nc1nc(Cl)ncc1[N+](=O)[O-]. The van der Waals surface area contributed by atoms with E-state index in [1.807, 2.05) is 13.2 Å². The number of hydrogen-bond acceptors (Lipinski definition) is 6. The fourth-order valence-corrected chi connectivity index (χ4v) is 1.92. The lowest BCUT2D eigenvalue weighted by Crippen LogP contribution is -2.18. The molecule has 1 unspecified atom stereocenters. The Kier molecular flexibility index (Phi) is 5.43. The molecule has 0 saturated heterocycles. The Bertz CT molecular complexity index is 405. The highest BCUT2D eigenvalue weighted by atomic mass is 35.5. The summed E-state index contributed by atoms with van der Waals surface area (Å²) >= 11 is 7.34. The second-order valence-electron chi connectivity index (χ2n) is 3.46. The maximum absolute atomic E-state index is 10.8. The van der Waals surface area contributed by atoms with Crippen molar-refractivity contribution in [3.63, 3.8) is 0 Å². The number of nitrogens with one attached hydrogen (secondary N) is 1. The van der Waals surface area contributed by atoms with Crippen LogP contribution in [0.4, 0.5) is 11.5 Å². The monoisotopic (exact) mass is 276 g/mol. The Morgan fingerprint density at radius 3 is 3.00 bits per heavy atom. The second kappa shape index (κ2) is 6.61. The van der Waals surface area contributed by atoms with Gasteiger partial charge in [-0.2, -0.15) is 16.7 Å². The first-order valence-electron chi connectivity index (χ1n) is 4.97. The first kappa shape index (κ1) is 14.0. The molecule has 8 heteroatoms. The predicted molar refractivity (Wildman–Crippen MR) is 69.8 cm³/mol. The molecule has 1 aromatic heterocycles. The van der Waals surface area contributed by atoms with Gasteiger partial charge in [-0.1, -0.05) is 0 Å². The van der Waals surface area contributed by atoms with Crippen molar-refractivity contribution in [3.05, 3.63) is 21.6 Å². The van der Waals surface area contributed by atoms with Crippen molar-refractivity contribution in [1.82, 2.24) is 9.97 Å². The lowest BCUT2D eigenvalue weighted by molar-refractivity contribution is -0.384. The summed E-state index contributed by atoms with van der Waals surface area (Å²) in [7, 11) is 0. The van der Waals surface area contributed by atoms with E-state index in [0.29, 0.717) is 0 Å². The highest BCUT2D eigenvalue weighted by Crippen LogP contribution is 2.23. The van der Waals surface area contributed by atoms with E-state index < -0.39 is 4.92 Å². The minimum absolute atomic E-state index is 0.00448. The van der Waals surface area contributed by atoms with Gasteiger partial charge >= 0.3 is 5.69 Å². The zero-order valence-corrected chi connectivity index (χ0v) is 11.1. The predicted octanol–water partition coefficient (Wildman–Crippen LogP) is 2.59. The van der Waals surface area contributed by atoms with Gasteiger partial charge in [0.1, 0.15) is 6.20 Å². The first-order chi connectivity index (χ1) is 8.04. The van der Waals surface area contributed by atoms with E-state index in [1.165, 1.54) is 0 Å². The molecule has 0 aliphatic carbocycles. The molecule has 1 atom stereocenters. The second-order valence-corrected chi connectivity index (χ2v) is 4.78. The summed E-state index contributed by atoms with van der Waals surface area (Å²) in [6.45, 7) is 1.94. The fraction of sp³-hybridized carbons (Fsp3) is 0.556. The number of nitro groups is 1. The fourth-order valence-electron chi connectivity index (χ4n) is 1.19. The molecular formula is C9H13ClN4O2S. The summed E-state index contributed by atoms with van der Waals surface area (Å²) in [6.07, 6.45) is 4.01. The zero-order chi connectivity index (χ0) is 12.8. The molecule has 0 aliphatic heterocycles. The van der Waals surface area contributed by atoms with Crippen LogP contribution in [-0.2, 0) is 0 Å². The van der Waals surface area contributed by atoms with E-state index in [9.17, 15) is 10.1 Å². The standard InChI is InChI=1S/C9H13ClN4O2S/c1-6(3-4-17-2)12-8-7(14(15)16)5-11-9(10)13-8/h5-6H,3-4H2,1-2H3,(H,11,12,13). The van der Waals surface area contributed by atoms with Gasteiger partial charge in [0, 0.05) is 6.04 Å². The number of nitrogens with zero attached hydrogens (tertiary/aromatic N) is 3. The van der Waals surface area contributed by atoms with E-state index in [4.69, 9.17) is 11.6 Å². The molecule has 0 saturated carbocycles. The quantitative estimate of drug-likeness (QED) is 0.489. The third kappa shape index (κ3) is 4.35. The number of halogens is 1. The number of anilines is 1. The molecule has 0 aromatic carbocycles. The van der Waals surface area contributed by atoms with Gasteiger partial charge in [-0.15, -0.1) is 0 Å². The molecule has 0 amide bonds. The van der Waals surface area contributed by atoms with Gasteiger partial charge in [0.25, 0.3) is 0 Å². The van der Waals surface area contributed by atoms with Gasteiger partial charge in [0.05, 0.1) is 4.92 Å². The summed E-state index contributed by atoms with van der Waals surface area (Å²) < 4.78 is 0. The average Bonchev–Trinajstić information content (AvgIpc) is 2.26. The van der Waals surface area contributed by atoms with Crippen LogP contribution in [0.25, 0.3) is 0 Å². The molecule has 0 fully saturated rings. The Morgan fingerprint density at radius 2 is 2.41 bits per heavy atom. The number of hydrogen-bond donors (Lipinski definition) is 1. The van der Waals surface area contributed by atoms with Crippen LogP contribution in [-0.4, -0.2) is 32.9 Å². The molecule has 94 valence electrons. The molecule has 1 rings (SSSR count). The third-order valence-electron chi connectivity index (χ3n) is 2.07. The number of thioether (sulfide) groups is 1. The van der Waals surface area contributed by atoms with Crippen molar-refractivity contribution in [3.8, 4) is 0 Å². The van der Waals surface area contributed by atoms with E-state index in [-0.39, 0.29) is 22.8 Å². The van der Waals surface area contributed by atoms with Crippen LogP contribution in [0.5, 0.6) is 0 Å². The smallest absolute Gasteiger partial charge is 0.329 e. The minimum atomic E-state index is -0.528. The van der Waals surface area contributed by atoms with Crippen molar-refractivity contribution in [2.45, 2.75) is 19.4 Å². The molecule has 17 heavy (non-hydrogen) atoms. The van der Waals surface area contributed by atoms with Crippen LogP contribution in [0.1, 0.15) is 13.3 Å². The molecule has 1 N–H and O–H groups in total. The molecule has 0 spiro atoms. The van der Waals surface area contributed by atoms with Gasteiger partial charge in [0.15, 0.2) is 0 Å². The maximum Gasteiger partial charge on any atom is 0.329 e. The van der Waals surface area contributed by atoms with E-state index in [2.05, 4.69) is 15.3 Å². The summed E-state index contributed by atoms with van der Waals surface area (Å²) in [4.78, 5) is 17.7. The average molecular weight is 277 g/mol. The summed E-state index contributed by atoms with van der Waals surface area (Å²) in [6, 6.07) is 0.0899. The summed E-state index contributed by atoms with van der Waals surface area (Å²) in [5.74, 6) is 1.14. The van der Waals surface area contributed by atoms with E-state index in [0.717, 1.165) is 18.4 Å². The van der Waals surface area contributed by atoms with Crippen LogP contribution in [0.3, 0.4) is 0 Å². The maximum atomic E-state index is 10.8. The van der Waals surface area contributed by atoms with Crippen LogP contribution in [0.2, 0.25) is 5.28 Å². The summed E-state index contributed by atoms with van der Waals surface area (Å²) in [5, 5.41) is 13.7. The van der Waals surface area contributed by atoms with Gasteiger partial charge in [-0.25, -0.2) is 4.98 Å². The van der Waals surface area contributed by atoms with Gasteiger partial charge in [-0.05, 0) is 37.0 Å². The Morgan fingerprint density at radius 1 is 1.71 bits per heavy atom. The number of aromatic nitrogens is 2. The number of rotatable bonds is 6. The van der Waals surface area contributed by atoms with E-state index in [1.54, 1.807) is 11.8 Å². The Balaban J connectivity index is 2.81. The molecule has 0 radical (unpaired) electrons. The van der Waals surface area contributed by atoms with Gasteiger partial charge in [-0.3, -0.25) is 10.1 Å². The lowest BCUT2D eigenvalue weighted by Gasteiger charge is -2.13.